The molecule has 0 bridgehead atoms. The van der Waals surface area contributed by atoms with Crippen LogP contribution in [0.4, 0.5) is 0 Å². The number of carbonyl (C=O) groups excluding carboxylic acids is 1. The summed E-state index contributed by atoms with van der Waals surface area (Å²) in [5.41, 5.74) is 0. The van der Waals surface area contributed by atoms with Crippen LogP contribution in [0.3, 0.4) is 0 Å². The van der Waals surface area contributed by atoms with E-state index in [9.17, 15) is 9.59 Å². The molecule has 0 rings (SSSR count). The third-order valence-electron chi connectivity index (χ3n) is 1.38. The zero-order valence-corrected chi connectivity index (χ0v) is 7.25. The van der Waals surface area contributed by atoms with E-state index in [-0.39, 0.29) is 6.42 Å². The largest absolute Gasteiger partial charge is 0.480 e. The number of carboxylic acid groups (broad SMARTS) is 1. The first-order valence-corrected chi connectivity index (χ1v) is 4.09. The predicted molar refractivity (Wildman–Crippen MR) is 44.8 cm³/mol. The van der Waals surface area contributed by atoms with Gasteiger partial charge in [-0.1, -0.05) is 19.8 Å². The maximum absolute atomic E-state index is 11.0. The van der Waals surface area contributed by atoms with Crippen molar-refractivity contribution in [2.75, 3.05) is 6.54 Å². The second-order valence-corrected chi connectivity index (χ2v) is 2.56. The molecule has 0 atom stereocenters. The number of nitrogens with one attached hydrogen (secondary N) is 1. The molecule has 0 unspecified atom stereocenters. The lowest BCUT2D eigenvalue weighted by atomic mass is 10.2. The van der Waals surface area contributed by atoms with Gasteiger partial charge < -0.3 is 10.4 Å². The molecular formula is C8H15NO3. The van der Waals surface area contributed by atoms with Gasteiger partial charge in [0.15, 0.2) is 1.41 Å². The highest BCUT2D eigenvalue weighted by Crippen LogP contribution is 1.97. The van der Waals surface area contributed by atoms with E-state index in [1.807, 2.05) is 6.92 Å². The maximum Gasteiger partial charge on any atom is 0.322 e. The lowest BCUT2D eigenvalue weighted by Crippen LogP contribution is -2.28. The molecule has 2 N–H and O–H groups in total. The first kappa shape index (κ1) is 9.03. The second kappa shape index (κ2) is 6.64. The van der Waals surface area contributed by atoms with Gasteiger partial charge in [-0.2, -0.15) is 0 Å². The quantitative estimate of drug-likeness (QED) is 0.584. The van der Waals surface area contributed by atoms with Crippen LogP contribution in [-0.4, -0.2) is 23.5 Å². The van der Waals surface area contributed by atoms with E-state index in [1.54, 1.807) is 0 Å². The van der Waals surface area contributed by atoms with E-state index in [0.29, 0.717) is 5.31 Å². The molecule has 0 aromatic heterocycles. The molecule has 0 aliphatic rings. The summed E-state index contributed by atoms with van der Waals surface area (Å²) in [6, 6.07) is 0. The van der Waals surface area contributed by atoms with Crippen molar-refractivity contribution in [2.45, 2.75) is 32.6 Å². The second-order valence-electron chi connectivity index (χ2n) is 2.56. The molecule has 0 aromatic carbocycles. The highest BCUT2D eigenvalue weighted by molar-refractivity contribution is 5.80. The molecule has 0 saturated carbocycles. The Balaban J connectivity index is 3.63. The van der Waals surface area contributed by atoms with Gasteiger partial charge in [-0.15, -0.1) is 0 Å². The SMILES string of the molecule is [2H]N(CC(=O)O)C(=O)CCCCC. The summed E-state index contributed by atoms with van der Waals surface area (Å²) in [6.45, 7) is 1.48. The molecule has 0 heterocycles. The van der Waals surface area contributed by atoms with Crippen LogP contribution in [0.2, 0.25) is 1.41 Å². The van der Waals surface area contributed by atoms with Crippen LogP contribution in [0.15, 0.2) is 0 Å². The molecule has 0 radical (unpaired) electrons. The van der Waals surface area contributed by atoms with Crippen molar-refractivity contribution in [2.24, 2.45) is 0 Å². The van der Waals surface area contributed by atoms with Crippen molar-refractivity contribution in [1.29, 1.82) is 0 Å². The van der Waals surface area contributed by atoms with Gasteiger partial charge in [0, 0.05) is 6.42 Å². The first-order valence-electron chi connectivity index (χ1n) is 4.53. The minimum absolute atomic E-state index is 0.268. The van der Waals surface area contributed by atoms with Gasteiger partial charge in [-0.3, -0.25) is 9.59 Å². The van der Waals surface area contributed by atoms with E-state index in [2.05, 4.69) is 0 Å². The number of carboxylic acids is 1. The Morgan fingerprint density at radius 1 is 1.50 bits per heavy atom. The Bertz CT molecular complexity index is 184. The lowest BCUT2D eigenvalue weighted by molar-refractivity contribution is -0.137. The fourth-order valence-electron chi connectivity index (χ4n) is 0.761. The van der Waals surface area contributed by atoms with Crippen molar-refractivity contribution in [3.63, 3.8) is 0 Å². The van der Waals surface area contributed by atoms with E-state index in [4.69, 9.17) is 6.52 Å². The molecule has 0 fully saturated rings. The number of amides is 1. The number of rotatable bonds is 6. The van der Waals surface area contributed by atoms with Gasteiger partial charge in [0.1, 0.15) is 6.54 Å². The lowest BCUT2D eigenvalue weighted by Gasteiger charge is -2.00. The summed E-state index contributed by atoms with van der Waals surface area (Å²) >= 11 is 0. The smallest absolute Gasteiger partial charge is 0.322 e. The van der Waals surface area contributed by atoms with E-state index < -0.39 is 18.4 Å². The van der Waals surface area contributed by atoms with Crippen LogP contribution >= 0.6 is 0 Å². The third-order valence-corrected chi connectivity index (χ3v) is 1.38. The Labute approximate surface area is 73.4 Å². The van der Waals surface area contributed by atoms with Gasteiger partial charge in [0.2, 0.25) is 5.91 Å². The highest BCUT2D eigenvalue weighted by Gasteiger charge is 2.02. The van der Waals surface area contributed by atoms with Gasteiger partial charge in [0.05, 0.1) is 0 Å². The summed E-state index contributed by atoms with van der Waals surface area (Å²) in [5, 5.41) is 8.79. The third kappa shape index (κ3) is 7.05. The summed E-state index contributed by atoms with van der Waals surface area (Å²) in [5.74, 6) is -1.57. The fraction of sp³-hybridized carbons (Fsp3) is 0.750. The molecule has 70 valence electrons. The maximum atomic E-state index is 11.0. The van der Waals surface area contributed by atoms with Gasteiger partial charge >= 0.3 is 5.97 Å². The summed E-state index contributed by atoms with van der Waals surface area (Å²) in [7, 11) is 0. The van der Waals surface area contributed by atoms with E-state index >= 15 is 0 Å². The molecule has 0 aliphatic heterocycles. The van der Waals surface area contributed by atoms with Crippen LogP contribution < -0.4 is 5.31 Å². The highest BCUT2D eigenvalue weighted by atomic mass is 16.4. The predicted octanol–water partition coefficient (Wildman–Crippen LogP) is 0.767. The Kier molecular flexibility index (Phi) is 5.00. The van der Waals surface area contributed by atoms with Crippen LogP contribution in [0.5, 0.6) is 0 Å². The minimum atomic E-state index is -1.15. The number of unbranched alkanes of at least 4 members (excludes halogenated alkanes) is 2. The average molecular weight is 174 g/mol. The van der Waals surface area contributed by atoms with E-state index in [0.717, 1.165) is 19.3 Å². The van der Waals surface area contributed by atoms with Crippen LogP contribution in [0.25, 0.3) is 0 Å². The van der Waals surface area contributed by atoms with Gasteiger partial charge in [-0.25, -0.2) is 0 Å². The van der Waals surface area contributed by atoms with Gasteiger partial charge in [0.25, 0.3) is 0 Å². The van der Waals surface area contributed by atoms with Crippen molar-refractivity contribution >= 4 is 11.9 Å². The molecule has 0 spiro atoms. The topological polar surface area (TPSA) is 66.4 Å². The molecule has 0 aliphatic carbocycles. The normalized spacial score (nSPS) is 10.6. The van der Waals surface area contributed by atoms with Crippen molar-refractivity contribution in [1.82, 2.24) is 5.31 Å². The zero-order valence-electron chi connectivity index (χ0n) is 8.25. The average Bonchev–Trinajstić information content (AvgIpc) is 2.03. The molecular weight excluding hydrogens is 158 g/mol. The van der Waals surface area contributed by atoms with Crippen LogP contribution in [0, 0.1) is 0 Å². The van der Waals surface area contributed by atoms with Crippen LogP contribution in [0.1, 0.15) is 32.6 Å². The number of carbonyl (C=O) groups is 2. The number of hydrogen-bond acceptors (Lipinski definition) is 2. The van der Waals surface area contributed by atoms with Crippen molar-refractivity contribution in [3.8, 4) is 0 Å². The first-order chi connectivity index (χ1) is 6.07. The summed E-state index contributed by atoms with van der Waals surface area (Å²) in [6.07, 6.45) is 2.94. The fourth-order valence-corrected chi connectivity index (χ4v) is 0.761. The monoisotopic (exact) mass is 174 g/mol. The van der Waals surface area contributed by atoms with E-state index in [1.165, 1.54) is 0 Å². The Morgan fingerprint density at radius 2 is 2.17 bits per heavy atom. The summed E-state index contributed by atoms with van der Waals surface area (Å²) in [4.78, 5) is 21.2. The Hall–Kier alpha value is -1.06. The van der Waals surface area contributed by atoms with Crippen LogP contribution in [-0.2, 0) is 9.59 Å². The molecule has 4 nitrogen and oxygen atoms in total. The van der Waals surface area contributed by atoms with Crippen molar-refractivity contribution in [3.05, 3.63) is 0 Å². The molecule has 12 heavy (non-hydrogen) atoms. The molecule has 0 saturated heterocycles. The number of aliphatic carboxylic acids is 1. The summed E-state index contributed by atoms with van der Waals surface area (Å²) < 4.78 is 7.05. The zero-order chi connectivity index (χ0) is 10.3. The molecule has 0 aromatic rings. The Morgan fingerprint density at radius 3 is 2.67 bits per heavy atom. The standard InChI is InChI=1S/C8H15NO3/c1-2-3-4-5-7(10)9-6-8(11)12/h2-6H2,1H3,(H,9,10)(H,11,12)/i/hD. The number of hydrogen-bond donors (Lipinski definition) is 2. The molecule has 4 heteroatoms. The minimum Gasteiger partial charge on any atom is -0.480 e. The van der Waals surface area contributed by atoms with Crippen molar-refractivity contribution < 1.29 is 16.1 Å². The van der Waals surface area contributed by atoms with Gasteiger partial charge in [-0.05, 0) is 6.42 Å². The molecule has 1 amide bonds.